The van der Waals surface area contributed by atoms with Gasteiger partial charge in [-0.1, -0.05) is 41.5 Å². The maximum absolute atomic E-state index is 12.6. The summed E-state index contributed by atoms with van der Waals surface area (Å²) in [6, 6.07) is 8.21. The molecule has 0 spiro atoms. The fourth-order valence-electron chi connectivity index (χ4n) is 2.71. The van der Waals surface area contributed by atoms with Crippen molar-refractivity contribution in [2.75, 3.05) is 0 Å². The number of aryl methyl sites for hydroxylation is 1. The predicted octanol–water partition coefficient (Wildman–Crippen LogP) is 1.25. The molecule has 1 aromatic carbocycles. The van der Waals surface area contributed by atoms with E-state index in [1.807, 2.05) is 25.1 Å². The van der Waals surface area contributed by atoms with E-state index in [0.717, 1.165) is 24.8 Å². The number of aromatic nitrogens is 4. The lowest BCUT2D eigenvalue weighted by Gasteiger charge is -2.40. The second kappa shape index (κ2) is 5.03. The van der Waals surface area contributed by atoms with Crippen LogP contribution in [-0.4, -0.2) is 26.5 Å². The zero-order valence-corrected chi connectivity index (χ0v) is 11.4. The molecule has 6 nitrogen and oxygen atoms in total. The lowest BCUT2D eigenvalue weighted by molar-refractivity contribution is -0.130. The highest BCUT2D eigenvalue weighted by atomic mass is 16.2. The van der Waals surface area contributed by atoms with Crippen molar-refractivity contribution in [2.24, 2.45) is 0 Å². The van der Waals surface area contributed by atoms with Crippen LogP contribution in [0.4, 0.5) is 0 Å². The quantitative estimate of drug-likeness (QED) is 0.876. The molecule has 6 heteroatoms. The number of benzene rings is 1. The fourth-order valence-corrected chi connectivity index (χ4v) is 2.71. The van der Waals surface area contributed by atoms with Crippen molar-refractivity contribution in [3.63, 3.8) is 0 Å². The van der Waals surface area contributed by atoms with Gasteiger partial charge in [0.25, 0.3) is 0 Å². The minimum Gasteiger partial charge on any atom is -0.348 e. The van der Waals surface area contributed by atoms with Gasteiger partial charge in [0.05, 0.1) is 12.0 Å². The number of nitrogens with one attached hydrogen (secondary N) is 2. The minimum absolute atomic E-state index is 0.0548. The first-order valence-electron chi connectivity index (χ1n) is 6.78. The number of carbonyl (C=O) groups excluding carboxylic acids is 1. The Hall–Kier alpha value is -2.24. The molecule has 0 unspecified atom stereocenters. The average molecular weight is 271 g/mol. The van der Waals surface area contributed by atoms with E-state index in [1.165, 1.54) is 5.56 Å². The van der Waals surface area contributed by atoms with Crippen LogP contribution in [0.3, 0.4) is 0 Å². The Bertz CT molecular complexity index is 604. The molecule has 2 aromatic rings. The van der Waals surface area contributed by atoms with Gasteiger partial charge in [-0.25, -0.2) is 0 Å². The van der Waals surface area contributed by atoms with Crippen molar-refractivity contribution in [1.29, 1.82) is 0 Å². The summed E-state index contributed by atoms with van der Waals surface area (Å²) in [5.74, 6) is 0.552. The fraction of sp³-hybridized carbons (Fsp3) is 0.429. The van der Waals surface area contributed by atoms with E-state index in [0.29, 0.717) is 12.4 Å². The van der Waals surface area contributed by atoms with Crippen molar-refractivity contribution in [3.05, 3.63) is 41.2 Å². The molecule has 2 N–H and O–H groups in total. The molecule has 1 aliphatic carbocycles. The standard InChI is InChI=1S/C14H17N5O/c1-10-4-2-5-11(8-10)14(6-3-7-14)13(20)15-9-12-16-18-19-17-12/h2,4-5,8H,3,6-7,9H2,1H3,(H,15,20)(H,16,17,18,19). The van der Waals surface area contributed by atoms with E-state index in [4.69, 9.17) is 0 Å². The molecule has 1 saturated carbocycles. The summed E-state index contributed by atoms with van der Waals surface area (Å²) < 4.78 is 0. The molecule has 1 fully saturated rings. The molecule has 1 aromatic heterocycles. The Morgan fingerprint density at radius 1 is 1.45 bits per heavy atom. The SMILES string of the molecule is Cc1cccc(C2(C(=O)NCc3nn[nH]n3)CCC2)c1. The molecular formula is C14H17N5O. The molecule has 104 valence electrons. The third-order valence-corrected chi connectivity index (χ3v) is 4.01. The average Bonchev–Trinajstić information content (AvgIpc) is 2.88. The Morgan fingerprint density at radius 2 is 2.30 bits per heavy atom. The summed E-state index contributed by atoms with van der Waals surface area (Å²) in [6.07, 6.45) is 2.88. The highest BCUT2D eigenvalue weighted by molar-refractivity contribution is 5.89. The van der Waals surface area contributed by atoms with Crippen LogP contribution in [0.1, 0.15) is 36.2 Å². The van der Waals surface area contributed by atoms with Gasteiger partial charge >= 0.3 is 0 Å². The van der Waals surface area contributed by atoms with Gasteiger partial charge in [0.1, 0.15) is 0 Å². The van der Waals surface area contributed by atoms with Gasteiger partial charge in [0.2, 0.25) is 5.91 Å². The van der Waals surface area contributed by atoms with Crippen LogP contribution in [0.15, 0.2) is 24.3 Å². The number of aromatic amines is 1. The van der Waals surface area contributed by atoms with Crippen LogP contribution in [-0.2, 0) is 16.8 Å². The maximum atomic E-state index is 12.6. The lowest BCUT2D eigenvalue weighted by atomic mass is 9.63. The molecule has 3 rings (SSSR count). The van der Waals surface area contributed by atoms with Gasteiger partial charge in [0.15, 0.2) is 5.82 Å². The van der Waals surface area contributed by atoms with Gasteiger partial charge in [-0.15, -0.1) is 10.2 Å². The number of nitrogens with zero attached hydrogens (tertiary/aromatic N) is 3. The van der Waals surface area contributed by atoms with Gasteiger partial charge in [-0.05, 0) is 25.3 Å². The Labute approximate surface area is 117 Å². The molecular weight excluding hydrogens is 254 g/mol. The second-order valence-electron chi connectivity index (χ2n) is 5.32. The lowest BCUT2D eigenvalue weighted by Crippen LogP contribution is -2.49. The monoisotopic (exact) mass is 271 g/mol. The molecule has 20 heavy (non-hydrogen) atoms. The van der Waals surface area contributed by atoms with E-state index in [-0.39, 0.29) is 11.3 Å². The number of amides is 1. The highest BCUT2D eigenvalue weighted by Crippen LogP contribution is 2.44. The van der Waals surface area contributed by atoms with Crippen LogP contribution in [0.5, 0.6) is 0 Å². The number of tetrazole rings is 1. The van der Waals surface area contributed by atoms with Crippen molar-refractivity contribution in [3.8, 4) is 0 Å². The smallest absolute Gasteiger partial charge is 0.231 e. The predicted molar refractivity (Wildman–Crippen MR) is 72.7 cm³/mol. The molecule has 0 atom stereocenters. The Kier molecular flexibility index (Phi) is 3.22. The number of hydrogen-bond donors (Lipinski definition) is 2. The minimum atomic E-state index is -0.379. The van der Waals surface area contributed by atoms with E-state index in [2.05, 4.69) is 32.0 Å². The van der Waals surface area contributed by atoms with Crippen molar-refractivity contribution < 1.29 is 4.79 Å². The zero-order chi connectivity index (χ0) is 14.0. The van der Waals surface area contributed by atoms with Crippen LogP contribution in [0.2, 0.25) is 0 Å². The van der Waals surface area contributed by atoms with E-state index < -0.39 is 0 Å². The maximum Gasteiger partial charge on any atom is 0.231 e. The van der Waals surface area contributed by atoms with Crippen LogP contribution in [0.25, 0.3) is 0 Å². The second-order valence-corrected chi connectivity index (χ2v) is 5.32. The number of hydrogen-bond acceptors (Lipinski definition) is 4. The Balaban J connectivity index is 1.76. The van der Waals surface area contributed by atoms with Crippen molar-refractivity contribution >= 4 is 5.91 Å². The Morgan fingerprint density at radius 3 is 2.90 bits per heavy atom. The third kappa shape index (κ3) is 2.17. The normalized spacial score (nSPS) is 16.4. The van der Waals surface area contributed by atoms with Gasteiger partial charge in [0, 0.05) is 0 Å². The zero-order valence-electron chi connectivity index (χ0n) is 11.4. The topological polar surface area (TPSA) is 83.6 Å². The molecule has 0 saturated heterocycles. The first-order chi connectivity index (χ1) is 9.71. The van der Waals surface area contributed by atoms with Crippen molar-refractivity contribution in [2.45, 2.75) is 38.1 Å². The summed E-state index contributed by atoms with van der Waals surface area (Å²) in [6.45, 7) is 2.36. The molecule has 1 amide bonds. The van der Waals surface area contributed by atoms with Crippen LogP contribution < -0.4 is 5.32 Å². The summed E-state index contributed by atoms with van der Waals surface area (Å²) in [7, 11) is 0. The largest absolute Gasteiger partial charge is 0.348 e. The first kappa shape index (κ1) is 12.8. The molecule has 0 radical (unpaired) electrons. The third-order valence-electron chi connectivity index (χ3n) is 4.01. The molecule has 1 aliphatic rings. The van der Waals surface area contributed by atoms with Gasteiger partial charge < -0.3 is 5.32 Å². The summed E-state index contributed by atoms with van der Waals surface area (Å²) in [4.78, 5) is 12.6. The first-order valence-corrected chi connectivity index (χ1v) is 6.78. The number of carbonyl (C=O) groups is 1. The highest BCUT2D eigenvalue weighted by Gasteiger charge is 2.45. The summed E-state index contributed by atoms with van der Waals surface area (Å²) in [5.41, 5.74) is 1.91. The van der Waals surface area contributed by atoms with Crippen LogP contribution in [0, 0.1) is 6.92 Å². The van der Waals surface area contributed by atoms with Crippen molar-refractivity contribution in [1.82, 2.24) is 25.9 Å². The van der Waals surface area contributed by atoms with E-state index in [9.17, 15) is 4.79 Å². The van der Waals surface area contributed by atoms with Crippen LogP contribution >= 0.6 is 0 Å². The van der Waals surface area contributed by atoms with E-state index >= 15 is 0 Å². The number of H-pyrrole nitrogens is 1. The van der Waals surface area contributed by atoms with E-state index in [1.54, 1.807) is 0 Å². The van der Waals surface area contributed by atoms with Gasteiger partial charge in [-0.2, -0.15) is 5.21 Å². The molecule has 0 aliphatic heterocycles. The molecule has 0 bridgehead atoms. The molecule has 1 heterocycles. The number of rotatable bonds is 4. The summed E-state index contributed by atoms with van der Waals surface area (Å²) in [5, 5.41) is 16.5. The summed E-state index contributed by atoms with van der Waals surface area (Å²) >= 11 is 0. The van der Waals surface area contributed by atoms with Gasteiger partial charge in [-0.3, -0.25) is 4.79 Å².